The van der Waals surface area contributed by atoms with Crippen LogP contribution in [0.4, 0.5) is 11.4 Å². The molecular weight excluding hydrogens is 408 g/mol. The number of thiocarbonyl (C=S) groups is 1. The van der Waals surface area contributed by atoms with Gasteiger partial charge in [-0.1, -0.05) is 24.0 Å². The van der Waals surface area contributed by atoms with Gasteiger partial charge < -0.3 is 15.3 Å². The summed E-state index contributed by atoms with van der Waals surface area (Å²) in [5.41, 5.74) is -0.351. The lowest BCUT2D eigenvalue weighted by Gasteiger charge is -2.15. The predicted molar refractivity (Wildman–Crippen MR) is 105 cm³/mol. The molecular formula is C17H10N2O7S2. The topological polar surface area (TPSA) is 141 Å². The van der Waals surface area contributed by atoms with Crippen molar-refractivity contribution in [1.29, 1.82) is 0 Å². The van der Waals surface area contributed by atoms with Crippen molar-refractivity contribution in [1.82, 2.24) is 0 Å². The molecule has 2 aromatic rings. The summed E-state index contributed by atoms with van der Waals surface area (Å²) in [6.45, 7) is 0. The van der Waals surface area contributed by atoms with Crippen molar-refractivity contribution in [2.45, 2.75) is 0 Å². The minimum Gasteiger partial charge on any atom is -0.507 e. The van der Waals surface area contributed by atoms with Gasteiger partial charge in [-0.25, -0.2) is 4.79 Å². The number of rotatable bonds is 4. The summed E-state index contributed by atoms with van der Waals surface area (Å²) in [5.74, 6) is -2.68. The van der Waals surface area contributed by atoms with Crippen molar-refractivity contribution in [2.75, 3.05) is 4.90 Å². The highest BCUT2D eigenvalue weighted by atomic mass is 32.2. The lowest BCUT2D eigenvalue weighted by molar-refractivity contribution is -0.384. The van der Waals surface area contributed by atoms with Crippen LogP contribution in [0.3, 0.4) is 0 Å². The number of benzene rings is 2. The molecule has 0 bridgehead atoms. The lowest BCUT2D eigenvalue weighted by atomic mass is 10.1. The number of phenols is 2. The molecule has 142 valence electrons. The fraction of sp³-hybridized carbons (Fsp3) is 0. The molecule has 0 radical (unpaired) electrons. The molecule has 1 aliphatic heterocycles. The average molecular weight is 418 g/mol. The second-order valence-corrected chi connectivity index (χ2v) is 7.20. The molecule has 0 aliphatic carbocycles. The number of carbonyl (C=O) groups is 2. The van der Waals surface area contributed by atoms with Crippen molar-refractivity contribution in [2.24, 2.45) is 0 Å². The van der Waals surface area contributed by atoms with Gasteiger partial charge >= 0.3 is 5.97 Å². The fourth-order valence-corrected chi connectivity index (χ4v) is 3.73. The standard InChI is InChI=1S/C17H10N2O7S2/c20-12-4-2-10(19(25)26)5-8(12)6-14-15(22)18(17(27)28-14)9-1-3-11(16(23)24)13(21)7-9/h1-7,20-21H,(H,23,24)/b14-6-. The van der Waals surface area contributed by atoms with Gasteiger partial charge in [0.15, 0.2) is 4.32 Å². The molecule has 1 heterocycles. The maximum atomic E-state index is 12.7. The van der Waals surface area contributed by atoms with Crippen LogP contribution < -0.4 is 4.90 Å². The van der Waals surface area contributed by atoms with Crippen LogP contribution in [-0.4, -0.2) is 36.4 Å². The van der Waals surface area contributed by atoms with Crippen LogP contribution in [0.2, 0.25) is 0 Å². The Labute approximate surface area is 166 Å². The molecule has 28 heavy (non-hydrogen) atoms. The van der Waals surface area contributed by atoms with Gasteiger partial charge in [-0.15, -0.1) is 0 Å². The Morgan fingerprint density at radius 1 is 1.18 bits per heavy atom. The van der Waals surface area contributed by atoms with Crippen LogP contribution >= 0.6 is 24.0 Å². The minimum atomic E-state index is -1.32. The van der Waals surface area contributed by atoms with Gasteiger partial charge in [0.25, 0.3) is 11.6 Å². The van der Waals surface area contributed by atoms with E-state index in [2.05, 4.69) is 0 Å². The van der Waals surface area contributed by atoms with Crippen LogP contribution in [0.1, 0.15) is 15.9 Å². The Morgan fingerprint density at radius 2 is 1.89 bits per heavy atom. The number of phenolic OH excluding ortho intramolecular Hbond substituents is 1. The first-order valence-corrected chi connectivity index (χ1v) is 8.73. The summed E-state index contributed by atoms with van der Waals surface area (Å²) in [7, 11) is 0. The monoisotopic (exact) mass is 418 g/mol. The number of nitro groups is 1. The van der Waals surface area contributed by atoms with E-state index in [1.165, 1.54) is 12.1 Å². The molecule has 1 aliphatic rings. The third-order valence-electron chi connectivity index (χ3n) is 3.77. The van der Waals surface area contributed by atoms with Gasteiger partial charge in [-0.2, -0.15) is 0 Å². The molecule has 11 heteroatoms. The van der Waals surface area contributed by atoms with E-state index in [0.29, 0.717) is 0 Å². The summed E-state index contributed by atoms with van der Waals surface area (Å²) in [4.78, 5) is 35.2. The van der Waals surface area contributed by atoms with E-state index < -0.39 is 22.5 Å². The number of nitrogens with zero attached hydrogens (tertiary/aromatic N) is 2. The summed E-state index contributed by atoms with van der Waals surface area (Å²) in [6, 6.07) is 6.96. The summed E-state index contributed by atoms with van der Waals surface area (Å²) in [5, 5.41) is 39.6. The summed E-state index contributed by atoms with van der Waals surface area (Å²) >= 11 is 6.08. The third kappa shape index (κ3) is 3.52. The first-order chi connectivity index (χ1) is 13.2. The number of carboxylic acids is 1. The van der Waals surface area contributed by atoms with Gasteiger partial charge in [0.1, 0.15) is 17.1 Å². The van der Waals surface area contributed by atoms with E-state index in [1.807, 2.05) is 0 Å². The second kappa shape index (κ2) is 7.29. The molecule has 0 saturated carbocycles. The highest BCUT2D eigenvalue weighted by molar-refractivity contribution is 8.27. The van der Waals surface area contributed by atoms with E-state index in [0.717, 1.165) is 47.0 Å². The first kappa shape index (κ1) is 19.3. The molecule has 2 aromatic carbocycles. The van der Waals surface area contributed by atoms with Crippen LogP contribution in [0.25, 0.3) is 6.08 Å². The van der Waals surface area contributed by atoms with Gasteiger partial charge in [0.2, 0.25) is 0 Å². The fourth-order valence-electron chi connectivity index (χ4n) is 2.44. The molecule has 1 amide bonds. The number of aromatic carboxylic acids is 1. The van der Waals surface area contributed by atoms with Crippen molar-refractivity contribution in [3.8, 4) is 11.5 Å². The molecule has 0 spiro atoms. The van der Waals surface area contributed by atoms with Crippen molar-refractivity contribution in [3.05, 3.63) is 62.5 Å². The summed E-state index contributed by atoms with van der Waals surface area (Å²) < 4.78 is 0.114. The Balaban J connectivity index is 1.97. The second-order valence-electron chi connectivity index (χ2n) is 5.52. The predicted octanol–water partition coefficient (Wildman–Crippen LogP) is 3.11. The minimum absolute atomic E-state index is 0.0683. The van der Waals surface area contributed by atoms with E-state index in [1.54, 1.807) is 0 Å². The van der Waals surface area contributed by atoms with Crippen molar-refractivity contribution >= 4 is 57.6 Å². The number of amides is 1. The van der Waals surface area contributed by atoms with Crippen LogP contribution in [0.5, 0.6) is 11.5 Å². The molecule has 3 rings (SSSR count). The smallest absolute Gasteiger partial charge is 0.339 e. The van der Waals surface area contributed by atoms with Gasteiger partial charge in [-0.05, 0) is 24.3 Å². The first-order valence-electron chi connectivity index (χ1n) is 7.50. The molecule has 0 unspecified atom stereocenters. The molecule has 9 nitrogen and oxygen atoms in total. The Kier molecular flexibility index (Phi) is 5.03. The normalized spacial score (nSPS) is 15.3. The largest absolute Gasteiger partial charge is 0.507 e. The van der Waals surface area contributed by atoms with Gasteiger partial charge in [-0.3, -0.25) is 19.8 Å². The zero-order valence-electron chi connectivity index (χ0n) is 13.7. The SMILES string of the molecule is O=C(O)c1ccc(N2C(=O)/C(=C/c3cc([N+](=O)[O-])ccc3O)SC2=S)cc1O. The Morgan fingerprint density at radius 3 is 2.50 bits per heavy atom. The van der Waals surface area contributed by atoms with Gasteiger partial charge in [0.05, 0.1) is 15.5 Å². The maximum Gasteiger partial charge on any atom is 0.339 e. The number of non-ortho nitro benzene ring substituents is 1. The number of thioether (sulfide) groups is 1. The number of hydrogen-bond donors (Lipinski definition) is 3. The third-order valence-corrected chi connectivity index (χ3v) is 5.07. The van der Waals surface area contributed by atoms with E-state index >= 15 is 0 Å². The van der Waals surface area contributed by atoms with Crippen molar-refractivity contribution < 1.29 is 29.8 Å². The molecule has 0 aromatic heterocycles. The van der Waals surface area contributed by atoms with E-state index in [-0.39, 0.29) is 37.5 Å². The molecule has 1 saturated heterocycles. The van der Waals surface area contributed by atoms with Gasteiger partial charge in [0, 0.05) is 23.8 Å². The lowest BCUT2D eigenvalue weighted by Crippen LogP contribution is -2.27. The summed E-state index contributed by atoms with van der Waals surface area (Å²) in [6.07, 6.45) is 1.27. The van der Waals surface area contributed by atoms with E-state index in [9.17, 15) is 29.9 Å². The van der Waals surface area contributed by atoms with E-state index in [4.69, 9.17) is 17.3 Å². The molecule has 1 fully saturated rings. The maximum absolute atomic E-state index is 12.7. The average Bonchev–Trinajstić information content (AvgIpc) is 2.89. The number of aromatic hydroxyl groups is 2. The van der Waals surface area contributed by atoms with Crippen LogP contribution in [0.15, 0.2) is 41.3 Å². The number of carboxylic acid groups (broad SMARTS) is 1. The van der Waals surface area contributed by atoms with Crippen LogP contribution in [-0.2, 0) is 4.79 Å². The zero-order valence-corrected chi connectivity index (χ0v) is 15.4. The van der Waals surface area contributed by atoms with Crippen LogP contribution in [0, 0.1) is 10.1 Å². The Hall–Kier alpha value is -3.44. The quantitative estimate of drug-likeness (QED) is 0.295. The Bertz CT molecular complexity index is 1080. The van der Waals surface area contributed by atoms with Crippen molar-refractivity contribution in [3.63, 3.8) is 0 Å². The number of nitro benzene ring substituents is 1. The number of anilines is 1. The number of carbonyl (C=O) groups excluding carboxylic acids is 1. The molecule has 3 N–H and O–H groups in total. The highest BCUT2D eigenvalue weighted by Gasteiger charge is 2.34. The number of hydrogen-bond acceptors (Lipinski definition) is 8. The highest BCUT2D eigenvalue weighted by Crippen LogP contribution is 2.38. The zero-order chi connectivity index (χ0) is 20.6. The molecule has 0 atom stereocenters.